The lowest BCUT2D eigenvalue weighted by Gasteiger charge is -2.11. The van der Waals surface area contributed by atoms with Crippen LogP contribution in [-0.2, 0) is 13.1 Å². The lowest BCUT2D eigenvalue weighted by molar-refractivity contribution is 0.416. The predicted octanol–water partition coefficient (Wildman–Crippen LogP) is 2.63. The summed E-state index contributed by atoms with van der Waals surface area (Å²) in [5, 5.41) is 3.38. The first-order valence-corrected chi connectivity index (χ1v) is 7.10. The maximum absolute atomic E-state index is 5.44. The predicted molar refractivity (Wildman–Crippen MR) is 76.5 cm³/mol. The van der Waals surface area contributed by atoms with Gasteiger partial charge in [-0.2, -0.15) is 0 Å². The second kappa shape index (κ2) is 4.56. The second-order valence-corrected chi connectivity index (χ2v) is 5.44. The van der Waals surface area contributed by atoms with E-state index in [1.165, 1.54) is 24.1 Å². The molecular weight excluding hydrogens is 250 g/mol. The smallest absolute Gasteiger partial charge is 0.163 e. The molecule has 1 N–H and O–H groups in total. The highest BCUT2D eigenvalue weighted by Gasteiger charge is 2.31. The Bertz CT molecular complexity index is 665. The maximum atomic E-state index is 5.44. The zero-order chi connectivity index (χ0) is 13.5. The molecule has 1 fully saturated rings. The SMILES string of the molecule is COc1ccccc1-c1nc2c(c(C3CC3)n1)CNC2. The van der Waals surface area contributed by atoms with E-state index in [1.807, 2.05) is 24.3 Å². The van der Waals surface area contributed by atoms with Crippen LogP contribution in [0.1, 0.15) is 35.7 Å². The van der Waals surface area contributed by atoms with Crippen molar-refractivity contribution in [3.63, 3.8) is 0 Å². The number of nitrogens with one attached hydrogen (secondary N) is 1. The average molecular weight is 267 g/mol. The molecule has 1 aromatic heterocycles. The molecular formula is C16H17N3O. The van der Waals surface area contributed by atoms with Crippen LogP contribution < -0.4 is 10.1 Å². The number of aromatic nitrogens is 2. The van der Waals surface area contributed by atoms with Crippen molar-refractivity contribution >= 4 is 0 Å². The van der Waals surface area contributed by atoms with Gasteiger partial charge in [0.2, 0.25) is 0 Å². The van der Waals surface area contributed by atoms with Crippen molar-refractivity contribution in [3.8, 4) is 17.1 Å². The zero-order valence-corrected chi connectivity index (χ0v) is 11.5. The van der Waals surface area contributed by atoms with Gasteiger partial charge in [-0.15, -0.1) is 0 Å². The molecule has 2 aromatic rings. The number of rotatable bonds is 3. The molecule has 2 aliphatic rings. The molecule has 2 heterocycles. The van der Waals surface area contributed by atoms with Crippen LogP contribution in [0, 0.1) is 0 Å². The Balaban J connectivity index is 1.88. The van der Waals surface area contributed by atoms with E-state index in [2.05, 4.69) is 5.32 Å². The van der Waals surface area contributed by atoms with Crippen molar-refractivity contribution in [2.24, 2.45) is 0 Å². The highest BCUT2D eigenvalue weighted by molar-refractivity contribution is 5.64. The lowest BCUT2D eigenvalue weighted by atomic mass is 10.1. The standard InChI is InChI=1S/C16H17N3O/c1-20-14-5-3-2-4-11(14)16-18-13-9-17-8-12(13)15(19-16)10-6-7-10/h2-5,10,17H,6-9H2,1H3. The van der Waals surface area contributed by atoms with E-state index in [1.54, 1.807) is 7.11 Å². The molecule has 0 saturated heterocycles. The van der Waals surface area contributed by atoms with Gasteiger partial charge in [-0.1, -0.05) is 12.1 Å². The molecule has 1 aromatic carbocycles. The lowest BCUT2D eigenvalue weighted by Crippen LogP contribution is -2.03. The van der Waals surface area contributed by atoms with E-state index in [4.69, 9.17) is 14.7 Å². The van der Waals surface area contributed by atoms with Gasteiger partial charge in [0, 0.05) is 24.6 Å². The van der Waals surface area contributed by atoms with Crippen LogP contribution in [0.4, 0.5) is 0 Å². The van der Waals surface area contributed by atoms with E-state index >= 15 is 0 Å². The van der Waals surface area contributed by atoms with Crippen molar-refractivity contribution in [3.05, 3.63) is 41.2 Å². The van der Waals surface area contributed by atoms with E-state index in [0.29, 0.717) is 5.92 Å². The van der Waals surface area contributed by atoms with Gasteiger partial charge in [0.25, 0.3) is 0 Å². The van der Waals surface area contributed by atoms with Crippen LogP contribution in [0.5, 0.6) is 5.75 Å². The average Bonchev–Trinajstić information content (AvgIpc) is 3.23. The minimum absolute atomic E-state index is 0.639. The summed E-state index contributed by atoms with van der Waals surface area (Å²) in [5.41, 5.74) is 4.71. The minimum Gasteiger partial charge on any atom is -0.496 e. The summed E-state index contributed by atoms with van der Waals surface area (Å²) in [7, 11) is 1.69. The number of fused-ring (bicyclic) bond motifs is 1. The van der Waals surface area contributed by atoms with E-state index in [9.17, 15) is 0 Å². The number of ether oxygens (including phenoxy) is 1. The maximum Gasteiger partial charge on any atom is 0.163 e. The Kier molecular flexibility index (Phi) is 2.70. The number of hydrogen-bond donors (Lipinski definition) is 1. The Morgan fingerprint density at radius 3 is 2.80 bits per heavy atom. The third kappa shape index (κ3) is 1.88. The zero-order valence-electron chi connectivity index (χ0n) is 11.5. The summed E-state index contributed by atoms with van der Waals surface area (Å²) in [4.78, 5) is 9.60. The fraction of sp³-hybridized carbons (Fsp3) is 0.375. The molecule has 1 aliphatic heterocycles. The molecule has 4 rings (SSSR count). The monoisotopic (exact) mass is 267 g/mol. The topological polar surface area (TPSA) is 47.0 Å². The highest BCUT2D eigenvalue weighted by atomic mass is 16.5. The number of para-hydroxylation sites is 1. The molecule has 1 saturated carbocycles. The summed E-state index contributed by atoms with van der Waals surface area (Å²) >= 11 is 0. The minimum atomic E-state index is 0.639. The van der Waals surface area contributed by atoms with Crippen LogP contribution in [0.15, 0.2) is 24.3 Å². The van der Waals surface area contributed by atoms with Crippen molar-refractivity contribution in [2.75, 3.05) is 7.11 Å². The van der Waals surface area contributed by atoms with Gasteiger partial charge in [0.05, 0.1) is 24.1 Å². The first-order chi connectivity index (χ1) is 9.86. The normalized spacial score (nSPS) is 17.1. The van der Waals surface area contributed by atoms with Gasteiger partial charge in [-0.05, 0) is 25.0 Å². The van der Waals surface area contributed by atoms with Gasteiger partial charge in [0.1, 0.15) is 5.75 Å². The number of nitrogens with zero attached hydrogens (tertiary/aromatic N) is 2. The Hall–Kier alpha value is -1.94. The summed E-state index contributed by atoms with van der Waals surface area (Å²) < 4.78 is 5.44. The van der Waals surface area contributed by atoms with Crippen LogP contribution in [0.3, 0.4) is 0 Å². The molecule has 0 amide bonds. The van der Waals surface area contributed by atoms with Gasteiger partial charge in [-0.25, -0.2) is 9.97 Å². The molecule has 4 heteroatoms. The molecule has 102 valence electrons. The molecule has 0 spiro atoms. The van der Waals surface area contributed by atoms with Crippen molar-refractivity contribution in [1.82, 2.24) is 15.3 Å². The van der Waals surface area contributed by atoms with Crippen LogP contribution in [-0.4, -0.2) is 17.1 Å². The molecule has 0 unspecified atom stereocenters. The molecule has 1 aliphatic carbocycles. The molecule has 4 nitrogen and oxygen atoms in total. The first-order valence-electron chi connectivity index (χ1n) is 7.10. The number of benzene rings is 1. The molecule has 0 atom stereocenters. The van der Waals surface area contributed by atoms with Crippen molar-refractivity contribution in [1.29, 1.82) is 0 Å². The van der Waals surface area contributed by atoms with Crippen LogP contribution >= 0.6 is 0 Å². The number of methoxy groups -OCH3 is 1. The van der Waals surface area contributed by atoms with E-state index in [0.717, 1.165) is 35.9 Å². The summed E-state index contributed by atoms with van der Waals surface area (Å²) in [6, 6.07) is 7.96. The third-order valence-corrected chi connectivity index (χ3v) is 4.03. The summed E-state index contributed by atoms with van der Waals surface area (Å²) in [5.74, 6) is 2.27. The van der Waals surface area contributed by atoms with E-state index in [-0.39, 0.29) is 0 Å². The molecule has 0 bridgehead atoms. The largest absolute Gasteiger partial charge is 0.496 e. The van der Waals surface area contributed by atoms with Gasteiger partial charge in [-0.3, -0.25) is 0 Å². The number of hydrogen-bond acceptors (Lipinski definition) is 4. The molecule has 20 heavy (non-hydrogen) atoms. The Morgan fingerprint density at radius 2 is 2.00 bits per heavy atom. The van der Waals surface area contributed by atoms with Gasteiger partial charge in [0.15, 0.2) is 5.82 Å². The fourth-order valence-electron chi connectivity index (χ4n) is 2.84. The summed E-state index contributed by atoms with van der Waals surface area (Å²) in [6.07, 6.45) is 2.52. The second-order valence-electron chi connectivity index (χ2n) is 5.44. The summed E-state index contributed by atoms with van der Waals surface area (Å²) in [6.45, 7) is 1.76. The Labute approximate surface area is 118 Å². The third-order valence-electron chi connectivity index (χ3n) is 4.03. The van der Waals surface area contributed by atoms with Crippen LogP contribution in [0.25, 0.3) is 11.4 Å². The Morgan fingerprint density at radius 1 is 1.15 bits per heavy atom. The van der Waals surface area contributed by atoms with Gasteiger partial charge >= 0.3 is 0 Å². The first kappa shape index (κ1) is 11.9. The van der Waals surface area contributed by atoms with E-state index < -0.39 is 0 Å². The van der Waals surface area contributed by atoms with Crippen LogP contribution in [0.2, 0.25) is 0 Å². The quantitative estimate of drug-likeness (QED) is 0.928. The van der Waals surface area contributed by atoms with Crippen molar-refractivity contribution < 1.29 is 4.74 Å². The van der Waals surface area contributed by atoms with Gasteiger partial charge < -0.3 is 10.1 Å². The highest BCUT2D eigenvalue weighted by Crippen LogP contribution is 2.42. The fourth-order valence-corrected chi connectivity index (χ4v) is 2.84. The molecule has 0 radical (unpaired) electrons. The van der Waals surface area contributed by atoms with Crippen molar-refractivity contribution in [2.45, 2.75) is 31.8 Å².